The fourth-order valence-electron chi connectivity index (χ4n) is 2.91. The van der Waals surface area contributed by atoms with Crippen LogP contribution in [-0.4, -0.2) is 37.1 Å². The van der Waals surface area contributed by atoms with E-state index in [2.05, 4.69) is 29.3 Å². The van der Waals surface area contributed by atoms with Crippen LogP contribution in [0.25, 0.3) is 0 Å². The Bertz CT molecular complexity index is 694. The highest BCUT2D eigenvalue weighted by Crippen LogP contribution is 2.11. The highest BCUT2D eigenvalue weighted by molar-refractivity contribution is 5.94. The summed E-state index contributed by atoms with van der Waals surface area (Å²) < 4.78 is 5.38. The van der Waals surface area contributed by atoms with E-state index in [1.165, 1.54) is 11.1 Å². The number of morpholine rings is 1. The number of nitrogens with zero attached hydrogens (tertiary/aromatic N) is 1. The van der Waals surface area contributed by atoms with E-state index < -0.39 is 0 Å². The minimum Gasteiger partial charge on any atom is -0.379 e. The second kappa shape index (κ2) is 8.08. The van der Waals surface area contributed by atoms with Crippen molar-refractivity contribution >= 4 is 5.91 Å². The van der Waals surface area contributed by atoms with Crippen LogP contribution in [0.4, 0.5) is 0 Å². The topological polar surface area (TPSA) is 41.6 Å². The molecule has 4 heteroatoms. The van der Waals surface area contributed by atoms with Crippen molar-refractivity contribution in [2.24, 2.45) is 0 Å². The maximum absolute atomic E-state index is 12.4. The van der Waals surface area contributed by atoms with E-state index in [1.807, 2.05) is 36.4 Å². The molecule has 1 saturated heterocycles. The lowest BCUT2D eigenvalue weighted by Gasteiger charge is -2.26. The van der Waals surface area contributed by atoms with E-state index in [1.54, 1.807) is 0 Å². The lowest BCUT2D eigenvalue weighted by Crippen LogP contribution is -2.35. The average Bonchev–Trinajstić information content (AvgIpc) is 2.62. The van der Waals surface area contributed by atoms with Crippen molar-refractivity contribution in [1.29, 1.82) is 0 Å². The van der Waals surface area contributed by atoms with Crippen LogP contribution in [0.1, 0.15) is 27.0 Å². The Morgan fingerprint density at radius 1 is 1.12 bits per heavy atom. The third-order valence-corrected chi connectivity index (χ3v) is 4.40. The summed E-state index contributed by atoms with van der Waals surface area (Å²) in [5.41, 5.74) is 4.23. The first-order valence-corrected chi connectivity index (χ1v) is 8.44. The first kappa shape index (κ1) is 16.7. The molecule has 0 radical (unpaired) electrons. The number of carbonyl (C=O) groups excluding carboxylic acids is 1. The minimum atomic E-state index is -0.0259. The summed E-state index contributed by atoms with van der Waals surface area (Å²) in [5.74, 6) is -0.0259. The van der Waals surface area contributed by atoms with Gasteiger partial charge in [0.15, 0.2) is 0 Å². The molecule has 0 aliphatic carbocycles. The molecule has 3 rings (SSSR count). The first-order valence-electron chi connectivity index (χ1n) is 8.44. The highest BCUT2D eigenvalue weighted by Gasteiger charge is 2.12. The van der Waals surface area contributed by atoms with Gasteiger partial charge in [-0.3, -0.25) is 9.69 Å². The first-order chi connectivity index (χ1) is 11.7. The lowest BCUT2D eigenvalue weighted by atomic mass is 10.1. The molecule has 0 aromatic heterocycles. The molecule has 4 nitrogen and oxygen atoms in total. The van der Waals surface area contributed by atoms with E-state index in [0.29, 0.717) is 12.1 Å². The summed E-state index contributed by atoms with van der Waals surface area (Å²) in [7, 11) is 0. The molecule has 126 valence electrons. The van der Waals surface area contributed by atoms with Gasteiger partial charge in [0, 0.05) is 31.7 Å². The zero-order chi connectivity index (χ0) is 16.8. The Morgan fingerprint density at radius 3 is 2.71 bits per heavy atom. The van der Waals surface area contributed by atoms with Crippen LogP contribution in [0.3, 0.4) is 0 Å². The van der Waals surface area contributed by atoms with E-state index in [9.17, 15) is 4.79 Å². The number of hydrogen-bond acceptors (Lipinski definition) is 3. The number of aryl methyl sites for hydroxylation is 1. The Hall–Kier alpha value is -2.17. The van der Waals surface area contributed by atoms with E-state index >= 15 is 0 Å². The molecule has 0 saturated carbocycles. The van der Waals surface area contributed by atoms with Crippen molar-refractivity contribution in [3.63, 3.8) is 0 Å². The van der Waals surface area contributed by atoms with E-state index in [4.69, 9.17) is 4.74 Å². The number of nitrogens with one attached hydrogen (secondary N) is 1. The number of benzene rings is 2. The number of ether oxygens (including phenoxy) is 1. The number of carbonyl (C=O) groups is 1. The Kier molecular flexibility index (Phi) is 5.62. The van der Waals surface area contributed by atoms with Crippen molar-refractivity contribution < 1.29 is 9.53 Å². The second-order valence-corrected chi connectivity index (χ2v) is 6.20. The molecule has 0 spiro atoms. The van der Waals surface area contributed by atoms with Crippen molar-refractivity contribution in [2.75, 3.05) is 26.3 Å². The molecular formula is C20H24N2O2. The molecule has 2 aromatic carbocycles. The molecule has 1 aliphatic heterocycles. The van der Waals surface area contributed by atoms with E-state index in [-0.39, 0.29) is 5.91 Å². The predicted molar refractivity (Wildman–Crippen MR) is 94.9 cm³/mol. The third kappa shape index (κ3) is 4.43. The smallest absolute Gasteiger partial charge is 0.251 e. The molecule has 0 unspecified atom stereocenters. The van der Waals surface area contributed by atoms with Gasteiger partial charge in [0.2, 0.25) is 0 Å². The van der Waals surface area contributed by atoms with Gasteiger partial charge in [-0.25, -0.2) is 0 Å². The van der Waals surface area contributed by atoms with Gasteiger partial charge in [-0.1, -0.05) is 36.4 Å². The van der Waals surface area contributed by atoms with Gasteiger partial charge in [-0.05, 0) is 35.7 Å². The summed E-state index contributed by atoms with van der Waals surface area (Å²) in [6, 6.07) is 16.0. The normalized spacial score (nSPS) is 15.2. The summed E-state index contributed by atoms with van der Waals surface area (Å²) in [6.45, 7) is 6.95. The van der Waals surface area contributed by atoms with Crippen LogP contribution in [-0.2, 0) is 17.8 Å². The fourth-order valence-corrected chi connectivity index (χ4v) is 2.91. The average molecular weight is 324 g/mol. The molecule has 2 aromatic rings. The molecule has 1 amide bonds. The molecule has 1 fully saturated rings. The van der Waals surface area contributed by atoms with Gasteiger partial charge in [-0.15, -0.1) is 0 Å². The van der Waals surface area contributed by atoms with Crippen molar-refractivity contribution in [3.05, 3.63) is 70.8 Å². The van der Waals surface area contributed by atoms with Gasteiger partial charge in [0.05, 0.1) is 13.2 Å². The maximum Gasteiger partial charge on any atom is 0.251 e. The van der Waals surface area contributed by atoms with Gasteiger partial charge < -0.3 is 10.1 Å². The van der Waals surface area contributed by atoms with Crippen LogP contribution in [0.5, 0.6) is 0 Å². The standard InChI is InChI=1S/C20H24N2O2/c1-16-5-2-3-7-19(16)14-21-20(23)18-8-4-6-17(13-18)15-22-9-11-24-12-10-22/h2-8,13H,9-12,14-15H2,1H3,(H,21,23). The van der Waals surface area contributed by atoms with Crippen molar-refractivity contribution in [1.82, 2.24) is 10.2 Å². The Morgan fingerprint density at radius 2 is 1.92 bits per heavy atom. The number of hydrogen-bond donors (Lipinski definition) is 1. The van der Waals surface area contributed by atoms with Crippen molar-refractivity contribution in [3.8, 4) is 0 Å². The Labute approximate surface area is 143 Å². The SMILES string of the molecule is Cc1ccccc1CNC(=O)c1cccc(CN2CCOCC2)c1. The molecule has 0 atom stereocenters. The summed E-state index contributed by atoms with van der Waals surface area (Å²) in [4.78, 5) is 14.8. The molecule has 0 bridgehead atoms. The summed E-state index contributed by atoms with van der Waals surface area (Å²) in [6.07, 6.45) is 0. The summed E-state index contributed by atoms with van der Waals surface area (Å²) >= 11 is 0. The molecule has 1 heterocycles. The van der Waals surface area contributed by atoms with Gasteiger partial charge in [-0.2, -0.15) is 0 Å². The lowest BCUT2D eigenvalue weighted by molar-refractivity contribution is 0.0342. The predicted octanol–water partition coefficient (Wildman–Crippen LogP) is 2.76. The largest absolute Gasteiger partial charge is 0.379 e. The monoisotopic (exact) mass is 324 g/mol. The fraction of sp³-hybridized carbons (Fsp3) is 0.350. The van der Waals surface area contributed by atoms with E-state index in [0.717, 1.165) is 38.4 Å². The maximum atomic E-state index is 12.4. The molecule has 24 heavy (non-hydrogen) atoms. The van der Waals surface area contributed by atoms with Gasteiger partial charge in [0.25, 0.3) is 5.91 Å². The quantitative estimate of drug-likeness (QED) is 0.919. The van der Waals surface area contributed by atoms with Crippen LogP contribution in [0, 0.1) is 6.92 Å². The van der Waals surface area contributed by atoms with Gasteiger partial charge >= 0.3 is 0 Å². The van der Waals surface area contributed by atoms with Gasteiger partial charge in [0.1, 0.15) is 0 Å². The number of rotatable bonds is 5. The minimum absolute atomic E-state index is 0.0259. The summed E-state index contributed by atoms with van der Waals surface area (Å²) in [5, 5.41) is 3.01. The number of amides is 1. The van der Waals surface area contributed by atoms with Crippen LogP contribution in [0.2, 0.25) is 0 Å². The molecule has 1 N–H and O–H groups in total. The zero-order valence-corrected chi connectivity index (χ0v) is 14.1. The molecular weight excluding hydrogens is 300 g/mol. The van der Waals surface area contributed by atoms with Crippen LogP contribution >= 0.6 is 0 Å². The highest BCUT2D eigenvalue weighted by atomic mass is 16.5. The van der Waals surface area contributed by atoms with Crippen molar-refractivity contribution in [2.45, 2.75) is 20.0 Å². The van der Waals surface area contributed by atoms with Crippen LogP contribution < -0.4 is 5.32 Å². The zero-order valence-electron chi connectivity index (χ0n) is 14.1. The Balaban J connectivity index is 1.60. The van der Waals surface area contributed by atoms with Crippen LogP contribution in [0.15, 0.2) is 48.5 Å². The third-order valence-electron chi connectivity index (χ3n) is 4.40. The molecule has 1 aliphatic rings. The second-order valence-electron chi connectivity index (χ2n) is 6.20.